The van der Waals surface area contributed by atoms with Gasteiger partial charge in [-0.15, -0.1) is 0 Å². The number of pyridine rings is 1. The molecule has 1 aromatic carbocycles. The summed E-state index contributed by atoms with van der Waals surface area (Å²) in [5.41, 5.74) is 1.09. The summed E-state index contributed by atoms with van der Waals surface area (Å²) in [6.45, 7) is -0.237. The van der Waals surface area contributed by atoms with Crippen LogP contribution in [-0.2, 0) is 16.6 Å². The zero-order chi connectivity index (χ0) is 17.4. The van der Waals surface area contributed by atoms with Crippen LogP contribution in [0.2, 0.25) is 0 Å². The normalized spacial score (nSPS) is 15.5. The number of nitrogens with one attached hydrogen (secondary N) is 1. The molecular formula is C16H12N4O4S. The topological polar surface area (TPSA) is 105 Å². The Kier molecular flexibility index (Phi) is 3.50. The fourth-order valence-electron chi connectivity index (χ4n) is 2.49. The van der Waals surface area contributed by atoms with Crippen molar-refractivity contribution in [1.29, 1.82) is 0 Å². The smallest absolute Gasteiger partial charge is 0.336 e. The summed E-state index contributed by atoms with van der Waals surface area (Å²) in [7, 11) is -3.96. The molecule has 25 heavy (non-hydrogen) atoms. The Morgan fingerprint density at radius 1 is 1.12 bits per heavy atom. The molecule has 2 amide bonds. The standard InChI is InChI=1S/C16H12N4O4S/c21-16-19-12-5-1-2-7-14(12)25(22,23)20(16)9-11-10-24-15(18-11)13-6-3-4-8-17-13/h1-8,10H,9H2,(H,19,21). The molecule has 8 nitrogen and oxygen atoms in total. The minimum Gasteiger partial charge on any atom is -0.443 e. The van der Waals surface area contributed by atoms with E-state index in [1.54, 1.807) is 36.5 Å². The zero-order valence-corrected chi connectivity index (χ0v) is 13.6. The van der Waals surface area contributed by atoms with Gasteiger partial charge in [0.2, 0.25) is 5.89 Å². The van der Waals surface area contributed by atoms with Crippen molar-refractivity contribution in [2.45, 2.75) is 11.4 Å². The molecule has 126 valence electrons. The van der Waals surface area contributed by atoms with Crippen LogP contribution in [0.15, 0.2) is 64.2 Å². The highest BCUT2D eigenvalue weighted by Crippen LogP contribution is 2.30. The molecule has 1 aliphatic rings. The third kappa shape index (κ3) is 2.64. The third-order valence-corrected chi connectivity index (χ3v) is 5.45. The van der Waals surface area contributed by atoms with Gasteiger partial charge in [-0.3, -0.25) is 4.98 Å². The van der Waals surface area contributed by atoms with E-state index in [0.29, 0.717) is 11.4 Å². The maximum absolute atomic E-state index is 12.7. The highest BCUT2D eigenvalue weighted by atomic mass is 32.2. The van der Waals surface area contributed by atoms with Crippen molar-refractivity contribution in [2.24, 2.45) is 0 Å². The third-order valence-electron chi connectivity index (χ3n) is 3.66. The molecule has 9 heteroatoms. The number of oxazole rings is 1. The van der Waals surface area contributed by atoms with Crippen LogP contribution < -0.4 is 5.32 Å². The van der Waals surface area contributed by atoms with Gasteiger partial charge in [0.15, 0.2) is 0 Å². The summed E-state index contributed by atoms with van der Waals surface area (Å²) in [6.07, 6.45) is 2.91. The molecule has 1 N–H and O–H groups in total. The molecule has 0 saturated heterocycles. The second kappa shape index (κ2) is 5.71. The van der Waals surface area contributed by atoms with Gasteiger partial charge in [0, 0.05) is 6.20 Å². The molecule has 4 rings (SSSR count). The van der Waals surface area contributed by atoms with Gasteiger partial charge in [-0.25, -0.2) is 22.5 Å². The van der Waals surface area contributed by atoms with Crippen LogP contribution in [0.1, 0.15) is 5.69 Å². The molecule has 0 spiro atoms. The molecule has 3 aromatic rings. The molecule has 0 aliphatic carbocycles. The van der Waals surface area contributed by atoms with E-state index in [1.807, 2.05) is 0 Å². The summed E-state index contributed by atoms with van der Waals surface area (Å²) in [6, 6.07) is 10.8. The summed E-state index contributed by atoms with van der Waals surface area (Å²) in [5, 5.41) is 2.56. The predicted octanol–water partition coefficient (Wildman–Crippen LogP) is 2.47. The van der Waals surface area contributed by atoms with Crippen molar-refractivity contribution < 1.29 is 17.6 Å². The van der Waals surface area contributed by atoms with Crippen LogP contribution in [0.3, 0.4) is 0 Å². The average Bonchev–Trinajstić information content (AvgIpc) is 3.08. The number of hydrogen-bond donors (Lipinski definition) is 1. The van der Waals surface area contributed by atoms with Crippen LogP contribution in [-0.4, -0.2) is 28.7 Å². The summed E-state index contributed by atoms with van der Waals surface area (Å²) in [4.78, 5) is 20.6. The largest absolute Gasteiger partial charge is 0.443 e. The number of sulfonamides is 1. The Hall–Kier alpha value is -3.20. The lowest BCUT2D eigenvalue weighted by molar-refractivity contribution is 0.233. The lowest BCUT2D eigenvalue weighted by Crippen LogP contribution is -2.43. The predicted molar refractivity (Wildman–Crippen MR) is 87.9 cm³/mol. The van der Waals surface area contributed by atoms with Crippen LogP contribution >= 0.6 is 0 Å². The van der Waals surface area contributed by atoms with Gasteiger partial charge in [-0.05, 0) is 24.3 Å². The van der Waals surface area contributed by atoms with Crippen molar-refractivity contribution in [2.75, 3.05) is 5.32 Å². The number of carbonyl (C=O) groups is 1. The number of amides is 2. The van der Waals surface area contributed by atoms with Gasteiger partial charge in [0.1, 0.15) is 22.5 Å². The number of benzene rings is 1. The first-order chi connectivity index (χ1) is 12.1. The van der Waals surface area contributed by atoms with Crippen molar-refractivity contribution in [1.82, 2.24) is 14.3 Å². The van der Waals surface area contributed by atoms with Crippen molar-refractivity contribution in [3.8, 4) is 11.6 Å². The Balaban J connectivity index is 1.65. The quantitative estimate of drug-likeness (QED) is 0.773. The molecule has 0 atom stereocenters. The first kappa shape index (κ1) is 15.3. The van der Waals surface area contributed by atoms with E-state index >= 15 is 0 Å². The fraction of sp³-hybridized carbons (Fsp3) is 0.0625. The number of hydrogen-bond acceptors (Lipinski definition) is 6. The number of urea groups is 1. The minimum absolute atomic E-state index is 0.0445. The first-order valence-electron chi connectivity index (χ1n) is 7.34. The molecule has 1 aliphatic heterocycles. The van der Waals surface area contributed by atoms with Gasteiger partial charge < -0.3 is 9.73 Å². The second-order valence-electron chi connectivity index (χ2n) is 5.30. The monoisotopic (exact) mass is 356 g/mol. The van der Waals surface area contributed by atoms with Crippen LogP contribution in [0.5, 0.6) is 0 Å². The van der Waals surface area contributed by atoms with Gasteiger partial charge in [0.25, 0.3) is 10.0 Å². The maximum Gasteiger partial charge on any atom is 0.336 e. The highest BCUT2D eigenvalue weighted by Gasteiger charge is 2.36. The van der Waals surface area contributed by atoms with E-state index < -0.39 is 16.1 Å². The molecule has 0 radical (unpaired) electrons. The van der Waals surface area contributed by atoms with Gasteiger partial charge in [0.05, 0.1) is 12.2 Å². The number of anilines is 1. The lowest BCUT2D eigenvalue weighted by atomic mass is 10.3. The van der Waals surface area contributed by atoms with E-state index in [2.05, 4.69) is 15.3 Å². The van der Waals surface area contributed by atoms with E-state index in [0.717, 1.165) is 4.31 Å². The summed E-state index contributed by atoms with van der Waals surface area (Å²) >= 11 is 0. The van der Waals surface area contributed by atoms with Crippen molar-refractivity contribution in [3.05, 3.63) is 60.6 Å². The molecule has 3 heterocycles. The Morgan fingerprint density at radius 2 is 1.92 bits per heavy atom. The number of carbonyl (C=O) groups excluding carboxylic acids is 1. The SMILES string of the molecule is O=C1Nc2ccccc2S(=O)(=O)N1Cc1coc(-c2ccccn2)n1. The molecule has 0 bridgehead atoms. The first-order valence-corrected chi connectivity index (χ1v) is 8.78. The molecule has 0 unspecified atom stereocenters. The van der Waals surface area contributed by atoms with E-state index in [4.69, 9.17) is 4.42 Å². The minimum atomic E-state index is -3.96. The van der Waals surface area contributed by atoms with E-state index in [-0.39, 0.29) is 23.0 Å². The fourth-order valence-corrected chi connectivity index (χ4v) is 3.94. The van der Waals surface area contributed by atoms with Crippen LogP contribution in [0, 0.1) is 0 Å². The van der Waals surface area contributed by atoms with Gasteiger partial charge >= 0.3 is 6.03 Å². The van der Waals surface area contributed by atoms with Crippen LogP contribution in [0.4, 0.5) is 10.5 Å². The Morgan fingerprint density at radius 3 is 2.72 bits per heavy atom. The molecular weight excluding hydrogens is 344 g/mol. The highest BCUT2D eigenvalue weighted by molar-refractivity contribution is 7.90. The van der Waals surface area contributed by atoms with Gasteiger partial charge in [-0.2, -0.15) is 0 Å². The van der Waals surface area contributed by atoms with Crippen molar-refractivity contribution in [3.63, 3.8) is 0 Å². The number of aromatic nitrogens is 2. The zero-order valence-electron chi connectivity index (χ0n) is 12.8. The van der Waals surface area contributed by atoms with Gasteiger partial charge in [-0.1, -0.05) is 18.2 Å². The second-order valence-corrected chi connectivity index (χ2v) is 7.13. The molecule has 0 fully saturated rings. The maximum atomic E-state index is 12.7. The lowest BCUT2D eigenvalue weighted by Gasteiger charge is -2.27. The summed E-state index contributed by atoms with van der Waals surface area (Å²) < 4.78 is 31.5. The summed E-state index contributed by atoms with van der Waals surface area (Å²) in [5.74, 6) is 0.255. The van der Waals surface area contributed by atoms with Crippen LogP contribution in [0.25, 0.3) is 11.6 Å². The average molecular weight is 356 g/mol. The number of fused-ring (bicyclic) bond motifs is 1. The Labute approximate surface area is 143 Å². The van der Waals surface area contributed by atoms with E-state index in [1.165, 1.54) is 18.4 Å². The number of nitrogens with zero attached hydrogens (tertiary/aromatic N) is 3. The molecule has 2 aromatic heterocycles. The number of rotatable bonds is 3. The molecule has 0 saturated carbocycles. The van der Waals surface area contributed by atoms with E-state index in [9.17, 15) is 13.2 Å². The number of para-hydroxylation sites is 1. The van der Waals surface area contributed by atoms with Crippen molar-refractivity contribution >= 4 is 21.7 Å². The Bertz CT molecular complexity index is 1050.